The molecule has 0 aromatic heterocycles. The molecular formula is C8H13NO. The molecule has 0 saturated carbocycles. The zero-order valence-corrected chi connectivity index (χ0v) is 6.20. The lowest BCUT2D eigenvalue weighted by atomic mass is 10.3. The van der Waals surface area contributed by atoms with E-state index in [2.05, 4.69) is 11.0 Å². The van der Waals surface area contributed by atoms with Crippen LogP contribution in [0.3, 0.4) is 0 Å². The number of aliphatic hydroxyl groups excluding tert-OH is 1. The summed E-state index contributed by atoms with van der Waals surface area (Å²) in [4.78, 5) is 2.07. The zero-order valence-electron chi connectivity index (χ0n) is 6.20. The molecule has 1 aliphatic rings. The van der Waals surface area contributed by atoms with Crippen molar-refractivity contribution in [2.45, 2.75) is 13.0 Å². The normalized spacial score (nSPS) is 19.6. The first kappa shape index (κ1) is 7.35. The van der Waals surface area contributed by atoms with Crippen LogP contribution < -0.4 is 0 Å². The van der Waals surface area contributed by atoms with E-state index in [1.807, 2.05) is 18.4 Å². The molecular weight excluding hydrogens is 126 g/mol. The molecule has 0 aromatic carbocycles. The van der Waals surface area contributed by atoms with Gasteiger partial charge in [0.15, 0.2) is 0 Å². The predicted octanol–water partition coefficient (Wildman–Crippen LogP) is 0.753. The Kier molecular flexibility index (Phi) is 2.51. The molecule has 1 heterocycles. The van der Waals surface area contributed by atoms with Crippen molar-refractivity contribution in [1.82, 2.24) is 4.90 Å². The molecule has 56 valence electrons. The van der Waals surface area contributed by atoms with Gasteiger partial charge in [-0.05, 0) is 19.2 Å². The minimum Gasteiger partial charge on any atom is -0.392 e. The highest BCUT2D eigenvalue weighted by Crippen LogP contribution is 1.98. The van der Waals surface area contributed by atoms with Crippen molar-refractivity contribution in [3.05, 3.63) is 24.4 Å². The molecule has 1 N–H and O–H groups in total. The fourth-order valence-electron chi connectivity index (χ4n) is 0.982. The van der Waals surface area contributed by atoms with Crippen LogP contribution in [-0.4, -0.2) is 29.2 Å². The fourth-order valence-corrected chi connectivity index (χ4v) is 0.982. The Morgan fingerprint density at radius 2 is 2.40 bits per heavy atom. The number of hydrogen-bond donors (Lipinski definition) is 1. The molecule has 0 spiro atoms. The van der Waals surface area contributed by atoms with Gasteiger partial charge in [-0.1, -0.05) is 12.2 Å². The summed E-state index contributed by atoms with van der Waals surface area (Å²) < 4.78 is 0. The van der Waals surface area contributed by atoms with Crippen LogP contribution in [0.4, 0.5) is 0 Å². The van der Waals surface area contributed by atoms with E-state index in [1.54, 1.807) is 6.92 Å². The van der Waals surface area contributed by atoms with Crippen LogP contribution in [0.25, 0.3) is 0 Å². The highest BCUT2D eigenvalue weighted by Gasteiger charge is 2.02. The predicted molar refractivity (Wildman–Crippen MR) is 41.5 cm³/mol. The van der Waals surface area contributed by atoms with Crippen molar-refractivity contribution >= 4 is 0 Å². The third-order valence-corrected chi connectivity index (χ3v) is 1.38. The second-order valence-corrected chi connectivity index (χ2v) is 2.57. The lowest BCUT2D eigenvalue weighted by Crippen LogP contribution is -2.27. The molecule has 0 bridgehead atoms. The average Bonchev–Trinajstić information content (AvgIpc) is 1.88. The minimum absolute atomic E-state index is 0.240. The Balaban J connectivity index is 2.30. The van der Waals surface area contributed by atoms with Gasteiger partial charge in [0.25, 0.3) is 0 Å². The first-order chi connectivity index (χ1) is 4.79. The molecule has 2 heteroatoms. The first-order valence-electron chi connectivity index (χ1n) is 3.54. The van der Waals surface area contributed by atoms with Gasteiger partial charge in [0.1, 0.15) is 0 Å². The van der Waals surface area contributed by atoms with Crippen LogP contribution in [0.5, 0.6) is 0 Å². The number of hydrogen-bond acceptors (Lipinski definition) is 2. The first-order valence-corrected chi connectivity index (χ1v) is 3.54. The third kappa shape index (κ3) is 2.23. The molecule has 0 radical (unpaired) electrons. The summed E-state index contributed by atoms with van der Waals surface area (Å²) >= 11 is 0. The van der Waals surface area contributed by atoms with Crippen LogP contribution in [0.1, 0.15) is 6.92 Å². The molecule has 2 nitrogen and oxygen atoms in total. The third-order valence-electron chi connectivity index (χ3n) is 1.38. The highest BCUT2D eigenvalue weighted by atomic mass is 16.3. The van der Waals surface area contributed by atoms with Crippen molar-refractivity contribution < 1.29 is 5.11 Å². The SMILES string of the molecule is CC(O)CN1C=CC=CC1. The maximum atomic E-state index is 9.00. The fraction of sp³-hybridized carbons (Fsp3) is 0.500. The van der Waals surface area contributed by atoms with E-state index in [4.69, 9.17) is 5.11 Å². The van der Waals surface area contributed by atoms with Crippen LogP contribution in [0.15, 0.2) is 24.4 Å². The summed E-state index contributed by atoms with van der Waals surface area (Å²) in [7, 11) is 0. The number of aliphatic hydroxyl groups is 1. The Labute approximate surface area is 61.5 Å². The molecule has 10 heavy (non-hydrogen) atoms. The van der Waals surface area contributed by atoms with E-state index in [0.717, 1.165) is 13.1 Å². The van der Waals surface area contributed by atoms with E-state index in [9.17, 15) is 0 Å². The quantitative estimate of drug-likeness (QED) is 0.610. The average molecular weight is 139 g/mol. The van der Waals surface area contributed by atoms with Crippen molar-refractivity contribution in [1.29, 1.82) is 0 Å². The summed E-state index contributed by atoms with van der Waals surface area (Å²) in [6, 6.07) is 0. The van der Waals surface area contributed by atoms with Crippen LogP contribution >= 0.6 is 0 Å². The Hall–Kier alpha value is -0.760. The summed E-state index contributed by atoms with van der Waals surface area (Å²) in [5.41, 5.74) is 0. The van der Waals surface area contributed by atoms with Crippen molar-refractivity contribution in [2.24, 2.45) is 0 Å². The molecule has 0 aromatic rings. The summed E-state index contributed by atoms with van der Waals surface area (Å²) in [5.74, 6) is 0. The van der Waals surface area contributed by atoms with Gasteiger partial charge in [0.2, 0.25) is 0 Å². The number of β-amino-alcohol motifs (C(OH)–C–C–N with tert-alkyl or cyclic N) is 1. The second kappa shape index (κ2) is 3.42. The Bertz CT molecular complexity index is 149. The number of allylic oxidation sites excluding steroid dienone is 2. The van der Waals surface area contributed by atoms with Crippen LogP contribution in [0.2, 0.25) is 0 Å². The van der Waals surface area contributed by atoms with Gasteiger partial charge in [-0.15, -0.1) is 0 Å². The molecule has 0 aliphatic carbocycles. The maximum Gasteiger partial charge on any atom is 0.0686 e. The summed E-state index contributed by atoms with van der Waals surface area (Å²) in [5, 5.41) is 9.00. The standard InChI is InChI=1S/C8H13NO/c1-8(10)7-9-5-3-2-4-6-9/h2-5,8,10H,6-7H2,1H3. The van der Waals surface area contributed by atoms with E-state index in [-0.39, 0.29) is 6.10 Å². The van der Waals surface area contributed by atoms with Gasteiger partial charge in [0, 0.05) is 13.1 Å². The van der Waals surface area contributed by atoms with E-state index >= 15 is 0 Å². The van der Waals surface area contributed by atoms with Gasteiger partial charge in [-0.25, -0.2) is 0 Å². The Morgan fingerprint density at radius 3 is 2.90 bits per heavy atom. The Morgan fingerprint density at radius 1 is 1.60 bits per heavy atom. The number of rotatable bonds is 2. The van der Waals surface area contributed by atoms with Crippen molar-refractivity contribution in [3.8, 4) is 0 Å². The molecule has 1 rings (SSSR count). The van der Waals surface area contributed by atoms with Gasteiger partial charge >= 0.3 is 0 Å². The van der Waals surface area contributed by atoms with Gasteiger partial charge < -0.3 is 10.0 Å². The second-order valence-electron chi connectivity index (χ2n) is 2.57. The monoisotopic (exact) mass is 139 g/mol. The highest BCUT2D eigenvalue weighted by molar-refractivity contribution is 5.08. The van der Waals surface area contributed by atoms with Crippen LogP contribution in [0, 0.1) is 0 Å². The minimum atomic E-state index is -0.240. The van der Waals surface area contributed by atoms with E-state index in [1.165, 1.54) is 0 Å². The van der Waals surface area contributed by atoms with Gasteiger partial charge in [-0.2, -0.15) is 0 Å². The number of nitrogens with zero attached hydrogens (tertiary/aromatic N) is 1. The lowest BCUT2D eigenvalue weighted by Gasteiger charge is -2.21. The van der Waals surface area contributed by atoms with E-state index < -0.39 is 0 Å². The molecule has 0 amide bonds. The maximum absolute atomic E-state index is 9.00. The molecule has 1 atom stereocenters. The molecule has 0 saturated heterocycles. The lowest BCUT2D eigenvalue weighted by molar-refractivity contribution is 0.155. The molecule has 1 unspecified atom stereocenters. The van der Waals surface area contributed by atoms with E-state index in [0.29, 0.717) is 0 Å². The summed E-state index contributed by atoms with van der Waals surface area (Å²) in [6.07, 6.45) is 7.82. The van der Waals surface area contributed by atoms with Crippen molar-refractivity contribution in [2.75, 3.05) is 13.1 Å². The molecule has 0 fully saturated rings. The smallest absolute Gasteiger partial charge is 0.0686 e. The zero-order chi connectivity index (χ0) is 7.40. The summed E-state index contributed by atoms with van der Waals surface area (Å²) in [6.45, 7) is 3.44. The topological polar surface area (TPSA) is 23.5 Å². The van der Waals surface area contributed by atoms with Crippen molar-refractivity contribution in [3.63, 3.8) is 0 Å². The van der Waals surface area contributed by atoms with Gasteiger partial charge in [0.05, 0.1) is 6.10 Å². The van der Waals surface area contributed by atoms with Crippen LogP contribution in [-0.2, 0) is 0 Å². The molecule has 1 aliphatic heterocycles. The largest absolute Gasteiger partial charge is 0.392 e. The van der Waals surface area contributed by atoms with Gasteiger partial charge in [-0.3, -0.25) is 0 Å².